The smallest absolute Gasteiger partial charge is 0.161 e. The summed E-state index contributed by atoms with van der Waals surface area (Å²) in [5.74, 6) is 1.64. The number of anilines is 1. The quantitative estimate of drug-likeness (QED) is 0.709. The van der Waals surface area contributed by atoms with Gasteiger partial charge in [0.2, 0.25) is 0 Å². The Kier molecular flexibility index (Phi) is 4.72. The first-order valence-corrected chi connectivity index (χ1v) is 9.44. The molecular formula is C19H20N4OS. The lowest BCUT2D eigenvalue weighted by atomic mass is 10.1. The fourth-order valence-electron chi connectivity index (χ4n) is 3.25. The van der Waals surface area contributed by atoms with Crippen molar-refractivity contribution in [3.8, 4) is 11.4 Å². The molecule has 1 atom stereocenters. The Morgan fingerprint density at radius 2 is 2.04 bits per heavy atom. The van der Waals surface area contributed by atoms with E-state index in [-0.39, 0.29) is 12.6 Å². The van der Waals surface area contributed by atoms with Crippen molar-refractivity contribution in [1.29, 1.82) is 0 Å². The number of pyridine rings is 1. The van der Waals surface area contributed by atoms with E-state index >= 15 is 0 Å². The molecule has 1 unspecified atom stereocenters. The van der Waals surface area contributed by atoms with Crippen LogP contribution in [0, 0.1) is 0 Å². The van der Waals surface area contributed by atoms with Crippen molar-refractivity contribution in [1.82, 2.24) is 15.0 Å². The van der Waals surface area contributed by atoms with Gasteiger partial charge in [0.1, 0.15) is 5.82 Å². The Labute approximate surface area is 150 Å². The summed E-state index contributed by atoms with van der Waals surface area (Å²) in [6, 6.07) is 8.08. The molecule has 0 aliphatic heterocycles. The summed E-state index contributed by atoms with van der Waals surface area (Å²) in [7, 11) is 0. The number of aromatic nitrogens is 3. The third kappa shape index (κ3) is 3.41. The van der Waals surface area contributed by atoms with Gasteiger partial charge in [-0.15, -0.1) is 11.3 Å². The van der Waals surface area contributed by atoms with Crippen molar-refractivity contribution in [3.05, 3.63) is 58.2 Å². The van der Waals surface area contributed by atoms with Gasteiger partial charge in [-0.25, -0.2) is 9.97 Å². The van der Waals surface area contributed by atoms with Crippen molar-refractivity contribution in [2.45, 2.75) is 31.7 Å². The third-order valence-electron chi connectivity index (χ3n) is 4.49. The molecular weight excluding hydrogens is 332 g/mol. The molecule has 3 aromatic rings. The van der Waals surface area contributed by atoms with Gasteiger partial charge in [-0.2, -0.15) is 0 Å². The van der Waals surface area contributed by atoms with E-state index in [1.165, 1.54) is 10.4 Å². The van der Waals surface area contributed by atoms with E-state index in [2.05, 4.69) is 21.7 Å². The lowest BCUT2D eigenvalue weighted by molar-refractivity contribution is 0.280. The predicted molar refractivity (Wildman–Crippen MR) is 99.7 cm³/mol. The number of rotatable bonds is 6. The first kappa shape index (κ1) is 16.2. The molecule has 0 saturated carbocycles. The van der Waals surface area contributed by atoms with E-state index < -0.39 is 0 Å². The Morgan fingerprint density at radius 1 is 1.16 bits per heavy atom. The number of fused-ring (bicyclic) bond motifs is 1. The van der Waals surface area contributed by atoms with Gasteiger partial charge >= 0.3 is 0 Å². The SMILES string of the molecule is OCCC(Nc1nc(-c2ccncc2)nc2c1CCC2)c1cccs1. The van der Waals surface area contributed by atoms with Crippen LogP contribution in [-0.4, -0.2) is 26.7 Å². The second-order valence-corrected chi connectivity index (χ2v) is 7.11. The van der Waals surface area contributed by atoms with Crippen LogP contribution < -0.4 is 5.32 Å². The number of hydrogen-bond donors (Lipinski definition) is 2. The van der Waals surface area contributed by atoms with E-state index in [0.717, 1.165) is 42.2 Å². The molecule has 0 radical (unpaired) electrons. The van der Waals surface area contributed by atoms with Crippen LogP contribution in [0.3, 0.4) is 0 Å². The van der Waals surface area contributed by atoms with Gasteiger partial charge in [-0.3, -0.25) is 4.98 Å². The van der Waals surface area contributed by atoms with E-state index in [1.54, 1.807) is 23.7 Å². The number of aliphatic hydroxyl groups is 1. The lowest BCUT2D eigenvalue weighted by Gasteiger charge is -2.20. The Bertz CT molecular complexity index is 836. The second-order valence-electron chi connectivity index (χ2n) is 6.14. The summed E-state index contributed by atoms with van der Waals surface area (Å²) in [5.41, 5.74) is 3.33. The highest BCUT2D eigenvalue weighted by Crippen LogP contribution is 2.33. The molecule has 0 spiro atoms. The first-order chi connectivity index (χ1) is 12.3. The summed E-state index contributed by atoms with van der Waals surface area (Å²) in [6.45, 7) is 0.139. The average Bonchev–Trinajstić information content (AvgIpc) is 3.33. The molecule has 0 saturated heterocycles. The van der Waals surface area contributed by atoms with Gasteiger partial charge in [0.05, 0.1) is 6.04 Å². The molecule has 0 fully saturated rings. The van der Waals surface area contributed by atoms with Crippen LogP contribution in [0.25, 0.3) is 11.4 Å². The summed E-state index contributed by atoms with van der Waals surface area (Å²) in [5, 5.41) is 15.1. The van der Waals surface area contributed by atoms with Crippen LogP contribution in [0.15, 0.2) is 42.0 Å². The highest BCUT2D eigenvalue weighted by atomic mass is 32.1. The van der Waals surface area contributed by atoms with Crippen LogP contribution in [0.1, 0.15) is 35.0 Å². The van der Waals surface area contributed by atoms with Crippen molar-refractivity contribution in [3.63, 3.8) is 0 Å². The van der Waals surface area contributed by atoms with Crippen LogP contribution in [-0.2, 0) is 12.8 Å². The maximum Gasteiger partial charge on any atom is 0.161 e. The van der Waals surface area contributed by atoms with Gasteiger partial charge in [0, 0.05) is 40.7 Å². The number of aryl methyl sites for hydroxylation is 1. The van der Waals surface area contributed by atoms with Crippen LogP contribution >= 0.6 is 11.3 Å². The van der Waals surface area contributed by atoms with Crippen molar-refractivity contribution in [2.75, 3.05) is 11.9 Å². The fourth-order valence-corrected chi connectivity index (χ4v) is 4.06. The monoisotopic (exact) mass is 352 g/mol. The molecule has 25 heavy (non-hydrogen) atoms. The van der Waals surface area contributed by atoms with Gasteiger partial charge in [-0.1, -0.05) is 6.07 Å². The summed E-state index contributed by atoms with van der Waals surface area (Å²) < 4.78 is 0. The van der Waals surface area contributed by atoms with Gasteiger partial charge in [0.15, 0.2) is 5.82 Å². The minimum atomic E-state index is 0.0647. The van der Waals surface area contributed by atoms with Crippen molar-refractivity contribution < 1.29 is 5.11 Å². The molecule has 1 aliphatic carbocycles. The van der Waals surface area contributed by atoms with Gasteiger partial charge in [0.25, 0.3) is 0 Å². The molecule has 0 amide bonds. The van der Waals surface area contributed by atoms with E-state index in [0.29, 0.717) is 6.42 Å². The van der Waals surface area contributed by atoms with E-state index in [9.17, 15) is 5.11 Å². The number of nitrogens with zero attached hydrogens (tertiary/aromatic N) is 3. The second kappa shape index (κ2) is 7.29. The molecule has 5 nitrogen and oxygen atoms in total. The number of nitrogens with one attached hydrogen (secondary N) is 1. The summed E-state index contributed by atoms with van der Waals surface area (Å²) >= 11 is 1.70. The predicted octanol–water partition coefficient (Wildman–Crippen LogP) is 3.62. The van der Waals surface area contributed by atoms with E-state index in [1.807, 2.05) is 18.2 Å². The van der Waals surface area contributed by atoms with Crippen molar-refractivity contribution >= 4 is 17.2 Å². The molecule has 0 aromatic carbocycles. The zero-order chi connectivity index (χ0) is 17.1. The zero-order valence-electron chi connectivity index (χ0n) is 13.9. The van der Waals surface area contributed by atoms with E-state index in [4.69, 9.17) is 9.97 Å². The van der Waals surface area contributed by atoms with Crippen molar-refractivity contribution in [2.24, 2.45) is 0 Å². The molecule has 3 heterocycles. The molecule has 128 valence electrons. The highest BCUT2D eigenvalue weighted by molar-refractivity contribution is 7.10. The minimum Gasteiger partial charge on any atom is -0.396 e. The van der Waals surface area contributed by atoms with Gasteiger partial charge in [-0.05, 0) is 49.3 Å². The molecule has 4 rings (SSSR count). The number of thiophene rings is 1. The number of aliphatic hydroxyl groups excluding tert-OH is 1. The molecule has 1 aliphatic rings. The maximum atomic E-state index is 9.46. The lowest BCUT2D eigenvalue weighted by Crippen LogP contribution is -2.15. The van der Waals surface area contributed by atoms with Crippen LogP contribution in [0.2, 0.25) is 0 Å². The maximum absolute atomic E-state index is 9.46. The third-order valence-corrected chi connectivity index (χ3v) is 5.47. The summed E-state index contributed by atoms with van der Waals surface area (Å²) in [6.07, 6.45) is 7.30. The largest absolute Gasteiger partial charge is 0.396 e. The molecule has 6 heteroatoms. The Morgan fingerprint density at radius 3 is 2.80 bits per heavy atom. The number of hydrogen-bond acceptors (Lipinski definition) is 6. The topological polar surface area (TPSA) is 70.9 Å². The standard InChI is InChI=1S/C19H20N4OS/c24-11-8-16(17-5-2-12-25-17)22-19-14-3-1-4-15(14)21-18(23-19)13-6-9-20-10-7-13/h2,5-7,9-10,12,16,24H,1,3-4,8,11H2,(H,21,22,23). The summed E-state index contributed by atoms with van der Waals surface area (Å²) in [4.78, 5) is 14.9. The normalized spacial score (nSPS) is 14.3. The molecule has 3 aromatic heterocycles. The van der Waals surface area contributed by atoms with Crippen LogP contribution in [0.5, 0.6) is 0 Å². The van der Waals surface area contributed by atoms with Gasteiger partial charge < -0.3 is 10.4 Å². The first-order valence-electron chi connectivity index (χ1n) is 8.56. The highest BCUT2D eigenvalue weighted by Gasteiger charge is 2.22. The van der Waals surface area contributed by atoms with Crippen LogP contribution in [0.4, 0.5) is 5.82 Å². The Balaban J connectivity index is 1.72. The average molecular weight is 352 g/mol. The fraction of sp³-hybridized carbons (Fsp3) is 0.316. The molecule has 0 bridgehead atoms. The Hall–Kier alpha value is -2.31. The zero-order valence-corrected chi connectivity index (χ0v) is 14.7. The molecule has 2 N–H and O–H groups in total. The minimum absolute atomic E-state index is 0.0647.